The maximum Gasteiger partial charge on any atom is 0.313 e. The highest BCUT2D eigenvalue weighted by atomic mass is 35.5. The number of ether oxygens (including phenoxy) is 1. The summed E-state index contributed by atoms with van der Waals surface area (Å²) in [5.41, 5.74) is 6.30. The number of nitro groups is 1. The van der Waals surface area contributed by atoms with Gasteiger partial charge in [0.25, 0.3) is 0 Å². The molecule has 0 aliphatic heterocycles. The molecule has 0 spiro atoms. The van der Waals surface area contributed by atoms with Crippen molar-refractivity contribution in [1.82, 2.24) is 0 Å². The first kappa shape index (κ1) is 14.8. The fourth-order valence-corrected chi connectivity index (χ4v) is 2.05. The number of nitrogens with zero attached hydrogens (tertiary/aromatic N) is 1. The zero-order valence-electron chi connectivity index (χ0n) is 11.1. The van der Waals surface area contributed by atoms with Crippen LogP contribution >= 0.6 is 11.6 Å². The second kappa shape index (κ2) is 5.80. The molecule has 0 aliphatic rings. The van der Waals surface area contributed by atoms with E-state index in [1.54, 1.807) is 25.1 Å². The van der Waals surface area contributed by atoms with E-state index < -0.39 is 4.92 Å². The van der Waals surface area contributed by atoms with Gasteiger partial charge in [-0.15, -0.1) is 0 Å². The van der Waals surface area contributed by atoms with Crippen LogP contribution in [0.15, 0.2) is 36.4 Å². The highest BCUT2D eigenvalue weighted by Gasteiger charge is 2.21. The fourth-order valence-electron chi connectivity index (χ4n) is 1.84. The number of hydrogen-bond acceptors (Lipinski definition) is 4. The largest absolute Gasteiger partial charge is 0.447 e. The molecule has 0 bridgehead atoms. The molecule has 6 nitrogen and oxygen atoms in total. The summed E-state index contributed by atoms with van der Waals surface area (Å²) in [6, 6.07) is 9.34. The molecular weight excluding hydrogens is 294 g/mol. The van der Waals surface area contributed by atoms with E-state index in [4.69, 9.17) is 27.5 Å². The van der Waals surface area contributed by atoms with Gasteiger partial charge in [-0.25, -0.2) is 0 Å². The molecule has 7 heteroatoms. The van der Waals surface area contributed by atoms with E-state index in [-0.39, 0.29) is 28.0 Å². The first-order valence-electron chi connectivity index (χ1n) is 5.96. The topological polar surface area (TPSA) is 102 Å². The van der Waals surface area contributed by atoms with Crippen molar-refractivity contribution in [2.75, 3.05) is 0 Å². The Balaban J connectivity index is 2.59. The summed E-state index contributed by atoms with van der Waals surface area (Å²) in [6.45, 7) is 1.75. The minimum Gasteiger partial charge on any atom is -0.447 e. The summed E-state index contributed by atoms with van der Waals surface area (Å²) in [4.78, 5) is 10.5. The van der Waals surface area contributed by atoms with Crippen LogP contribution in [0.2, 0.25) is 5.02 Å². The number of hydrogen-bond donors (Lipinski definition) is 2. The Morgan fingerprint density at radius 1 is 1.29 bits per heavy atom. The maximum absolute atomic E-state index is 11.1. The molecule has 0 radical (unpaired) electrons. The van der Waals surface area contributed by atoms with Gasteiger partial charge in [-0.05, 0) is 24.6 Å². The minimum absolute atomic E-state index is 0.0685. The normalized spacial score (nSPS) is 10.2. The number of rotatable bonds is 4. The molecule has 0 aromatic heterocycles. The van der Waals surface area contributed by atoms with Crippen LogP contribution in [-0.2, 0) is 0 Å². The van der Waals surface area contributed by atoms with Crippen molar-refractivity contribution >= 4 is 23.1 Å². The molecule has 0 amide bonds. The zero-order chi connectivity index (χ0) is 15.6. The Labute approximate surface area is 125 Å². The van der Waals surface area contributed by atoms with E-state index in [1.165, 1.54) is 18.2 Å². The van der Waals surface area contributed by atoms with Crippen LogP contribution in [0.25, 0.3) is 0 Å². The number of aryl methyl sites for hydroxylation is 1. The van der Waals surface area contributed by atoms with Crippen LogP contribution in [-0.4, -0.2) is 10.8 Å². The average Bonchev–Trinajstić information content (AvgIpc) is 2.42. The summed E-state index contributed by atoms with van der Waals surface area (Å²) in [5, 5.41) is 18.7. The standard InChI is InChI=1S/C14H12ClN3O3/c1-8-4-2-5-9(14(16)17)12(8)21-13-10(15)6-3-7-11(13)18(19)20/h2-7H,1H3,(H3,16,17). The average molecular weight is 306 g/mol. The molecular formula is C14H12ClN3O3. The number of benzene rings is 2. The summed E-state index contributed by atoms with van der Waals surface area (Å²) in [6.07, 6.45) is 0. The van der Waals surface area contributed by atoms with Crippen LogP contribution in [0.5, 0.6) is 11.5 Å². The maximum atomic E-state index is 11.1. The molecule has 0 saturated heterocycles. The lowest BCUT2D eigenvalue weighted by Crippen LogP contribution is -2.13. The van der Waals surface area contributed by atoms with Gasteiger partial charge in [0.2, 0.25) is 5.75 Å². The Bertz CT molecular complexity index is 670. The van der Waals surface area contributed by atoms with Crippen molar-refractivity contribution in [2.24, 2.45) is 5.73 Å². The molecule has 0 unspecified atom stereocenters. The van der Waals surface area contributed by atoms with Gasteiger partial charge in [0.1, 0.15) is 11.6 Å². The quantitative estimate of drug-likeness (QED) is 0.389. The minimum atomic E-state index is -0.576. The van der Waals surface area contributed by atoms with Crippen LogP contribution in [0.3, 0.4) is 0 Å². The van der Waals surface area contributed by atoms with Crippen molar-refractivity contribution in [3.63, 3.8) is 0 Å². The van der Waals surface area contributed by atoms with Gasteiger partial charge < -0.3 is 10.5 Å². The van der Waals surface area contributed by atoms with Gasteiger partial charge >= 0.3 is 5.69 Å². The third-order valence-corrected chi connectivity index (χ3v) is 3.15. The van der Waals surface area contributed by atoms with Crippen molar-refractivity contribution in [2.45, 2.75) is 6.92 Å². The van der Waals surface area contributed by atoms with Crippen LogP contribution in [0.4, 0.5) is 5.69 Å². The first-order valence-corrected chi connectivity index (χ1v) is 6.34. The Kier molecular flexibility index (Phi) is 4.09. The van der Waals surface area contributed by atoms with E-state index in [9.17, 15) is 10.1 Å². The second-order valence-electron chi connectivity index (χ2n) is 4.31. The number of nitro benzene ring substituents is 1. The third-order valence-electron chi connectivity index (χ3n) is 2.85. The molecule has 21 heavy (non-hydrogen) atoms. The van der Waals surface area contributed by atoms with Gasteiger partial charge in [-0.3, -0.25) is 15.5 Å². The number of nitrogen functional groups attached to an aromatic ring is 1. The van der Waals surface area contributed by atoms with Crippen molar-refractivity contribution < 1.29 is 9.66 Å². The van der Waals surface area contributed by atoms with Crippen LogP contribution in [0.1, 0.15) is 11.1 Å². The second-order valence-corrected chi connectivity index (χ2v) is 4.72. The lowest BCUT2D eigenvalue weighted by molar-refractivity contribution is -0.385. The van der Waals surface area contributed by atoms with E-state index in [1.807, 2.05) is 0 Å². The molecule has 2 rings (SSSR count). The molecule has 2 aromatic carbocycles. The molecule has 0 saturated carbocycles. The molecule has 2 aromatic rings. The van der Waals surface area contributed by atoms with E-state index in [0.29, 0.717) is 11.1 Å². The first-order chi connectivity index (χ1) is 9.91. The number of halogens is 1. The van der Waals surface area contributed by atoms with E-state index in [0.717, 1.165) is 0 Å². The molecule has 0 aliphatic carbocycles. The van der Waals surface area contributed by atoms with E-state index in [2.05, 4.69) is 0 Å². The molecule has 0 atom stereocenters. The molecule has 3 N–H and O–H groups in total. The van der Waals surface area contributed by atoms with Gasteiger partial charge in [0, 0.05) is 6.07 Å². The van der Waals surface area contributed by atoms with Crippen LogP contribution < -0.4 is 10.5 Å². The predicted molar refractivity (Wildman–Crippen MR) is 80.4 cm³/mol. The number of nitrogens with two attached hydrogens (primary N) is 1. The number of para-hydroxylation sites is 2. The zero-order valence-corrected chi connectivity index (χ0v) is 11.8. The highest BCUT2D eigenvalue weighted by molar-refractivity contribution is 6.32. The monoisotopic (exact) mass is 305 g/mol. The van der Waals surface area contributed by atoms with Crippen molar-refractivity contribution in [1.29, 1.82) is 5.41 Å². The van der Waals surface area contributed by atoms with E-state index >= 15 is 0 Å². The summed E-state index contributed by atoms with van der Waals surface area (Å²) >= 11 is 5.99. The van der Waals surface area contributed by atoms with Crippen LogP contribution in [0, 0.1) is 22.4 Å². The summed E-state index contributed by atoms with van der Waals surface area (Å²) < 4.78 is 5.63. The predicted octanol–water partition coefficient (Wildman–Crippen LogP) is 3.63. The van der Waals surface area contributed by atoms with Crippen molar-refractivity contribution in [3.05, 3.63) is 62.7 Å². The Morgan fingerprint density at radius 2 is 1.95 bits per heavy atom. The van der Waals surface area contributed by atoms with Crippen molar-refractivity contribution in [3.8, 4) is 11.5 Å². The lowest BCUT2D eigenvalue weighted by Gasteiger charge is -2.13. The van der Waals surface area contributed by atoms with Gasteiger partial charge in [0.05, 0.1) is 15.5 Å². The number of amidine groups is 1. The summed E-state index contributed by atoms with van der Waals surface area (Å²) in [5.74, 6) is 0.0190. The summed E-state index contributed by atoms with van der Waals surface area (Å²) in [7, 11) is 0. The SMILES string of the molecule is Cc1cccc(C(=N)N)c1Oc1c(Cl)cccc1[N+](=O)[O-]. The highest BCUT2D eigenvalue weighted by Crippen LogP contribution is 2.39. The lowest BCUT2D eigenvalue weighted by atomic mass is 10.1. The third kappa shape index (κ3) is 2.95. The van der Waals surface area contributed by atoms with Gasteiger partial charge in [-0.2, -0.15) is 0 Å². The Hall–Kier alpha value is -2.60. The van der Waals surface area contributed by atoms with Gasteiger partial charge in [-0.1, -0.05) is 29.8 Å². The molecule has 0 fully saturated rings. The molecule has 0 heterocycles. The fraction of sp³-hybridized carbons (Fsp3) is 0.0714. The molecule has 108 valence electrons. The van der Waals surface area contributed by atoms with Gasteiger partial charge in [0.15, 0.2) is 0 Å². The number of nitrogens with one attached hydrogen (secondary N) is 1. The smallest absolute Gasteiger partial charge is 0.313 e. The Morgan fingerprint density at radius 3 is 2.57 bits per heavy atom.